The third kappa shape index (κ3) is 6.31. The van der Waals surface area contributed by atoms with Gasteiger partial charge < -0.3 is 4.90 Å². The van der Waals surface area contributed by atoms with Gasteiger partial charge in [-0.2, -0.15) is 0 Å². The van der Waals surface area contributed by atoms with E-state index in [-0.39, 0.29) is 11.9 Å². The summed E-state index contributed by atoms with van der Waals surface area (Å²) in [4.78, 5) is 35.8. The summed E-state index contributed by atoms with van der Waals surface area (Å²) >= 11 is 1.60. The second-order valence-electron chi connectivity index (χ2n) is 8.01. The van der Waals surface area contributed by atoms with Crippen molar-refractivity contribution in [2.24, 2.45) is 0 Å². The molecule has 0 saturated carbocycles. The van der Waals surface area contributed by atoms with Crippen LogP contribution in [0.2, 0.25) is 0 Å². The summed E-state index contributed by atoms with van der Waals surface area (Å²) in [7, 11) is 0. The molecule has 0 spiro atoms. The zero-order chi connectivity index (χ0) is 23.8. The Morgan fingerprint density at radius 3 is 2.26 bits per heavy atom. The molecule has 2 heterocycles. The standard InChI is InChI=1S/C25H26IN5O3/c26-34-28-24(32)22-11-9-21(10-12-22)19-31(23-8-4-5-13-27-23)25(33)30-16-14-29(15-17-30)18-20-6-2-1-3-7-20/h1-13H,14-19H2,(H,28,32). The first-order chi connectivity index (χ1) is 16.6. The largest absolute Gasteiger partial charge is 0.326 e. The quantitative estimate of drug-likeness (QED) is 0.343. The van der Waals surface area contributed by atoms with Gasteiger partial charge in [-0.3, -0.25) is 14.6 Å². The van der Waals surface area contributed by atoms with E-state index in [1.54, 1.807) is 46.2 Å². The number of carbonyl (C=O) groups is 2. The van der Waals surface area contributed by atoms with Gasteiger partial charge in [-0.05, 0) is 35.4 Å². The van der Waals surface area contributed by atoms with Gasteiger partial charge in [-0.25, -0.2) is 18.4 Å². The number of halogens is 1. The van der Waals surface area contributed by atoms with E-state index < -0.39 is 0 Å². The van der Waals surface area contributed by atoms with E-state index in [1.165, 1.54) is 5.56 Å². The molecule has 0 aliphatic carbocycles. The van der Waals surface area contributed by atoms with E-state index in [9.17, 15) is 9.59 Å². The fourth-order valence-corrected chi connectivity index (χ4v) is 4.11. The number of amides is 3. The lowest BCUT2D eigenvalue weighted by molar-refractivity contribution is 0.0829. The van der Waals surface area contributed by atoms with Crippen LogP contribution >= 0.6 is 23.0 Å². The molecule has 0 unspecified atom stereocenters. The Hall–Kier alpha value is -3.02. The van der Waals surface area contributed by atoms with E-state index >= 15 is 0 Å². The molecule has 1 N–H and O–H groups in total. The van der Waals surface area contributed by atoms with Crippen LogP contribution in [0.5, 0.6) is 0 Å². The van der Waals surface area contributed by atoms with Crippen molar-refractivity contribution in [2.75, 3.05) is 31.1 Å². The van der Waals surface area contributed by atoms with Crippen molar-refractivity contribution >= 4 is 40.8 Å². The van der Waals surface area contributed by atoms with Crippen LogP contribution in [0.15, 0.2) is 79.0 Å². The van der Waals surface area contributed by atoms with Crippen molar-refractivity contribution in [2.45, 2.75) is 13.1 Å². The molecule has 2 aromatic carbocycles. The highest BCUT2D eigenvalue weighted by molar-refractivity contribution is 14.1. The predicted molar refractivity (Wildman–Crippen MR) is 138 cm³/mol. The van der Waals surface area contributed by atoms with Crippen LogP contribution < -0.4 is 10.4 Å². The number of hydrogen-bond donors (Lipinski definition) is 1. The van der Waals surface area contributed by atoms with Crippen molar-refractivity contribution < 1.29 is 12.8 Å². The molecule has 3 aromatic rings. The zero-order valence-corrected chi connectivity index (χ0v) is 20.8. The number of urea groups is 1. The van der Waals surface area contributed by atoms with E-state index in [1.807, 2.05) is 41.3 Å². The number of piperazine rings is 1. The molecule has 1 saturated heterocycles. The van der Waals surface area contributed by atoms with Crippen molar-refractivity contribution in [3.63, 3.8) is 0 Å². The third-order valence-electron chi connectivity index (χ3n) is 5.74. The molecule has 1 aliphatic heterocycles. The Balaban J connectivity index is 1.43. The number of anilines is 1. The second kappa shape index (κ2) is 11.9. The van der Waals surface area contributed by atoms with Gasteiger partial charge in [0.05, 0.1) is 6.54 Å². The van der Waals surface area contributed by atoms with Gasteiger partial charge in [-0.15, -0.1) is 0 Å². The van der Waals surface area contributed by atoms with Crippen LogP contribution in [0.1, 0.15) is 21.5 Å². The molecule has 176 valence electrons. The molecular weight excluding hydrogens is 545 g/mol. The number of benzene rings is 2. The highest BCUT2D eigenvalue weighted by atomic mass is 127. The van der Waals surface area contributed by atoms with Crippen LogP contribution in [0, 0.1) is 0 Å². The Labute approximate surface area is 213 Å². The topological polar surface area (TPSA) is 78.0 Å². The molecule has 1 aromatic heterocycles. The summed E-state index contributed by atoms with van der Waals surface area (Å²) in [5, 5.41) is 0. The molecular formula is C25H26IN5O3. The molecule has 0 atom stereocenters. The lowest BCUT2D eigenvalue weighted by Gasteiger charge is -2.37. The summed E-state index contributed by atoms with van der Waals surface area (Å²) in [6, 6.07) is 22.9. The Morgan fingerprint density at radius 2 is 1.62 bits per heavy atom. The van der Waals surface area contributed by atoms with Crippen LogP contribution in [-0.2, 0) is 16.3 Å². The van der Waals surface area contributed by atoms with Crippen LogP contribution in [0.4, 0.5) is 10.6 Å². The Bertz CT molecular complexity index is 1070. The van der Waals surface area contributed by atoms with Crippen LogP contribution in [-0.4, -0.2) is 52.9 Å². The van der Waals surface area contributed by atoms with Crippen molar-refractivity contribution in [1.29, 1.82) is 0 Å². The predicted octanol–water partition coefficient (Wildman–Crippen LogP) is 4.04. The normalized spacial score (nSPS) is 14.0. The minimum atomic E-state index is -0.327. The molecule has 0 bridgehead atoms. The van der Waals surface area contributed by atoms with Gasteiger partial charge in [0, 0.05) is 44.5 Å². The first kappa shape index (κ1) is 24.1. The summed E-state index contributed by atoms with van der Waals surface area (Å²) in [5.41, 5.74) is 4.94. The maximum atomic E-state index is 13.5. The molecule has 9 heteroatoms. The number of pyridine rings is 1. The average molecular weight is 571 g/mol. The third-order valence-corrected chi connectivity index (χ3v) is 5.96. The van der Waals surface area contributed by atoms with Crippen LogP contribution in [0.25, 0.3) is 0 Å². The molecule has 1 aliphatic rings. The van der Waals surface area contributed by atoms with Gasteiger partial charge in [0.25, 0.3) is 5.91 Å². The number of aromatic nitrogens is 1. The van der Waals surface area contributed by atoms with Gasteiger partial charge >= 0.3 is 6.03 Å². The van der Waals surface area contributed by atoms with Gasteiger partial charge in [-0.1, -0.05) is 48.5 Å². The van der Waals surface area contributed by atoms with E-state index in [0.29, 0.717) is 31.0 Å². The minimum Gasteiger partial charge on any atom is -0.322 e. The summed E-state index contributed by atoms with van der Waals surface area (Å²) in [6.45, 7) is 4.19. The van der Waals surface area contributed by atoms with E-state index in [2.05, 4.69) is 42.8 Å². The zero-order valence-electron chi connectivity index (χ0n) is 18.6. The number of hydrogen-bond acceptors (Lipinski definition) is 5. The number of nitrogens with one attached hydrogen (secondary N) is 1. The Kier molecular flexibility index (Phi) is 8.45. The number of carbonyl (C=O) groups excluding carboxylic acids is 2. The number of rotatable bonds is 7. The fraction of sp³-hybridized carbons (Fsp3) is 0.240. The van der Waals surface area contributed by atoms with Gasteiger partial charge in [0.15, 0.2) is 0 Å². The number of hydroxylamine groups is 1. The molecule has 8 nitrogen and oxygen atoms in total. The molecule has 34 heavy (non-hydrogen) atoms. The summed E-state index contributed by atoms with van der Waals surface area (Å²) < 4.78 is 4.65. The molecule has 0 radical (unpaired) electrons. The Morgan fingerprint density at radius 1 is 0.912 bits per heavy atom. The highest BCUT2D eigenvalue weighted by Crippen LogP contribution is 2.19. The lowest BCUT2D eigenvalue weighted by atomic mass is 10.1. The van der Waals surface area contributed by atoms with Crippen molar-refractivity contribution in [3.05, 3.63) is 95.7 Å². The minimum absolute atomic E-state index is 0.0711. The first-order valence-corrected chi connectivity index (χ1v) is 11.9. The number of nitrogens with zero attached hydrogens (tertiary/aromatic N) is 4. The maximum Gasteiger partial charge on any atom is 0.326 e. The molecule has 4 rings (SSSR count). The summed E-state index contributed by atoms with van der Waals surface area (Å²) in [5.74, 6) is 0.270. The molecule has 1 fully saturated rings. The monoisotopic (exact) mass is 571 g/mol. The van der Waals surface area contributed by atoms with Crippen LogP contribution in [0.3, 0.4) is 0 Å². The first-order valence-electron chi connectivity index (χ1n) is 11.0. The van der Waals surface area contributed by atoms with Crippen molar-refractivity contribution in [1.82, 2.24) is 20.3 Å². The fourth-order valence-electron chi connectivity index (χ4n) is 3.91. The SMILES string of the molecule is O=C(NOI)c1ccc(CN(C(=O)N2CCN(Cc3ccccc3)CC2)c2ccccn2)cc1. The lowest BCUT2D eigenvalue weighted by Crippen LogP contribution is -2.52. The highest BCUT2D eigenvalue weighted by Gasteiger charge is 2.27. The van der Waals surface area contributed by atoms with Gasteiger partial charge in [0.1, 0.15) is 28.8 Å². The van der Waals surface area contributed by atoms with Gasteiger partial charge in [0.2, 0.25) is 0 Å². The maximum absolute atomic E-state index is 13.5. The second-order valence-corrected chi connectivity index (χ2v) is 8.45. The van der Waals surface area contributed by atoms with E-state index in [4.69, 9.17) is 0 Å². The van der Waals surface area contributed by atoms with Crippen molar-refractivity contribution in [3.8, 4) is 0 Å². The molecule has 3 amide bonds. The summed E-state index contributed by atoms with van der Waals surface area (Å²) in [6.07, 6.45) is 1.69. The smallest absolute Gasteiger partial charge is 0.322 e. The average Bonchev–Trinajstić information content (AvgIpc) is 2.89. The van der Waals surface area contributed by atoms with E-state index in [0.717, 1.165) is 25.2 Å².